The van der Waals surface area contributed by atoms with Gasteiger partial charge in [-0.15, -0.1) is 13.2 Å². The molecule has 1 aromatic carbocycles. The lowest BCUT2D eigenvalue weighted by atomic mass is 9.70. The van der Waals surface area contributed by atoms with Gasteiger partial charge in [-0.1, -0.05) is 42.5 Å². The minimum atomic E-state index is -1.20. The van der Waals surface area contributed by atoms with Crippen LogP contribution < -0.4 is 5.32 Å². The summed E-state index contributed by atoms with van der Waals surface area (Å²) in [7, 11) is 0. The summed E-state index contributed by atoms with van der Waals surface area (Å²) in [4.78, 5) is 57.4. The number of rotatable bonds is 13. The predicted octanol–water partition coefficient (Wildman–Crippen LogP) is 2.53. The summed E-state index contributed by atoms with van der Waals surface area (Å²) in [6.07, 6.45) is 3.65. The van der Waals surface area contributed by atoms with Crippen molar-refractivity contribution in [3.63, 3.8) is 0 Å². The highest BCUT2D eigenvalue weighted by Gasteiger charge is 2.75. The van der Waals surface area contributed by atoms with Crippen molar-refractivity contribution in [2.45, 2.75) is 75.8 Å². The molecule has 6 atom stereocenters. The lowest BCUT2D eigenvalue weighted by Gasteiger charge is -2.41. The molecule has 10 nitrogen and oxygen atoms in total. The molecule has 0 aliphatic carbocycles. The number of carbonyl (C=O) groups is 4. The summed E-state index contributed by atoms with van der Waals surface area (Å²) in [5, 5.41) is 12.7. The second-order valence-electron chi connectivity index (χ2n) is 12.2. The molecule has 2 bridgehead atoms. The molecule has 228 valence electrons. The van der Waals surface area contributed by atoms with E-state index >= 15 is 0 Å². The van der Waals surface area contributed by atoms with E-state index in [1.165, 1.54) is 4.90 Å². The van der Waals surface area contributed by atoms with E-state index in [2.05, 4.69) is 18.5 Å². The molecular formula is C32H43N3O7. The first-order valence-electron chi connectivity index (χ1n) is 14.6. The minimum Gasteiger partial charge on any atom is -0.455 e. The number of ether oxygens (including phenoxy) is 2. The zero-order chi connectivity index (χ0) is 30.7. The SMILES string of the molecule is C=CCCC(=O)NC[C@H](OC(=O)[C@@H]1[C@@H]2CC[C@]3(O2)[C@H](C(=O)N(CC=C)C(C)(C)C)N(CCO)C(=O)[C@@H]13)c1ccccc1. The van der Waals surface area contributed by atoms with Crippen molar-refractivity contribution in [2.24, 2.45) is 11.8 Å². The van der Waals surface area contributed by atoms with Gasteiger partial charge in [-0.3, -0.25) is 19.2 Å². The highest BCUT2D eigenvalue weighted by molar-refractivity contribution is 5.98. The molecule has 0 unspecified atom stereocenters. The number of β-amino-alcohol motifs (C(OH)–C–C–N with tert-alkyl or cyclic N) is 1. The molecule has 0 radical (unpaired) electrons. The average molecular weight is 582 g/mol. The van der Waals surface area contributed by atoms with Crippen LogP contribution in [0.2, 0.25) is 0 Å². The van der Waals surface area contributed by atoms with Crippen molar-refractivity contribution in [3.8, 4) is 0 Å². The zero-order valence-electron chi connectivity index (χ0n) is 24.8. The van der Waals surface area contributed by atoms with Gasteiger partial charge in [-0.05, 0) is 45.6 Å². The molecule has 10 heteroatoms. The molecule has 1 spiro atoms. The number of esters is 1. The molecule has 3 amide bonds. The molecule has 3 saturated heterocycles. The molecule has 0 saturated carbocycles. The van der Waals surface area contributed by atoms with Gasteiger partial charge in [-0.25, -0.2) is 0 Å². The summed E-state index contributed by atoms with van der Waals surface area (Å²) < 4.78 is 12.5. The van der Waals surface area contributed by atoms with Gasteiger partial charge in [-0.2, -0.15) is 0 Å². The summed E-state index contributed by atoms with van der Waals surface area (Å²) >= 11 is 0. The normalized spacial score (nSPS) is 26.9. The van der Waals surface area contributed by atoms with Crippen LogP contribution in [0.3, 0.4) is 0 Å². The Balaban J connectivity index is 1.62. The fourth-order valence-corrected chi connectivity index (χ4v) is 6.66. The van der Waals surface area contributed by atoms with Crippen LogP contribution in [0.5, 0.6) is 0 Å². The van der Waals surface area contributed by atoms with Crippen molar-refractivity contribution in [3.05, 3.63) is 61.2 Å². The monoisotopic (exact) mass is 581 g/mol. The van der Waals surface area contributed by atoms with Crippen molar-refractivity contribution in [2.75, 3.05) is 26.2 Å². The Morgan fingerprint density at radius 1 is 1.24 bits per heavy atom. The van der Waals surface area contributed by atoms with E-state index in [0.29, 0.717) is 24.8 Å². The van der Waals surface area contributed by atoms with E-state index in [-0.39, 0.29) is 44.5 Å². The van der Waals surface area contributed by atoms with E-state index < -0.39 is 53.1 Å². The fraction of sp³-hybridized carbons (Fsp3) is 0.562. The van der Waals surface area contributed by atoms with E-state index in [1.807, 2.05) is 51.1 Å². The summed E-state index contributed by atoms with van der Waals surface area (Å²) in [6, 6.07) is 8.11. The second kappa shape index (κ2) is 12.8. The van der Waals surface area contributed by atoms with E-state index in [0.717, 1.165) is 0 Å². The standard InChI is InChI=1S/C32H43N3O7/c1-6-8-14-24(37)33-20-23(21-12-10-9-11-13-21)41-30(40)25-22-15-16-32(42-22)26(25)28(38)34(18-19-36)27(32)29(39)35(17-7-2)31(3,4)5/h6-7,9-13,22-23,25-27,36H,1-2,8,14-20H2,3-5H3,(H,33,37)/t22-,23-,25+,26+,27-,32+/m0/s1. The smallest absolute Gasteiger partial charge is 0.313 e. The molecule has 4 rings (SSSR count). The highest BCUT2D eigenvalue weighted by atomic mass is 16.6. The molecule has 3 aliphatic heterocycles. The Hall–Kier alpha value is -3.50. The van der Waals surface area contributed by atoms with Gasteiger partial charge in [0.25, 0.3) is 0 Å². The quantitative estimate of drug-likeness (QED) is 0.271. The molecule has 3 aliphatic rings. The van der Waals surface area contributed by atoms with Crippen molar-refractivity contribution in [1.82, 2.24) is 15.1 Å². The molecule has 2 N–H and O–H groups in total. The maximum atomic E-state index is 14.2. The third-order valence-corrected chi connectivity index (χ3v) is 8.52. The van der Waals surface area contributed by atoms with Crippen LogP contribution in [0.25, 0.3) is 0 Å². The first-order valence-corrected chi connectivity index (χ1v) is 14.6. The van der Waals surface area contributed by atoms with Crippen LogP contribution in [0.15, 0.2) is 55.6 Å². The summed E-state index contributed by atoms with van der Waals surface area (Å²) in [5.74, 6) is -3.34. The number of benzene rings is 1. The predicted molar refractivity (Wildman–Crippen MR) is 156 cm³/mol. The lowest BCUT2D eigenvalue weighted by Crippen LogP contribution is -2.60. The van der Waals surface area contributed by atoms with Gasteiger partial charge in [0.15, 0.2) is 0 Å². The Kier molecular flexibility index (Phi) is 9.57. The maximum absolute atomic E-state index is 14.2. The number of aliphatic hydroxyl groups excluding tert-OH is 1. The number of carbonyl (C=O) groups excluding carboxylic acids is 4. The van der Waals surface area contributed by atoms with Gasteiger partial charge in [0.2, 0.25) is 17.7 Å². The van der Waals surface area contributed by atoms with Crippen molar-refractivity contribution < 1.29 is 33.8 Å². The van der Waals surface area contributed by atoms with Crippen LogP contribution in [0.1, 0.15) is 58.1 Å². The van der Waals surface area contributed by atoms with Crippen LogP contribution in [-0.2, 0) is 28.7 Å². The van der Waals surface area contributed by atoms with E-state index in [9.17, 15) is 24.3 Å². The number of amides is 3. The molecule has 3 fully saturated rings. The number of likely N-dealkylation sites (tertiary alicyclic amines) is 1. The van der Waals surface area contributed by atoms with Crippen LogP contribution in [0.4, 0.5) is 0 Å². The maximum Gasteiger partial charge on any atom is 0.313 e. The molecule has 1 aromatic rings. The third-order valence-electron chi connectivity index (χ3n) is 8.52. The van der Waals surface area contributed by atoms with Crippen LogP contribution >= 0.6 is 0 Å². The zero-order valence-corrected chi connectivity index (χ0v) is 24.8. The average Bonchev–Trinajstić information content (AvgIpc) is 3.60. The fourth-order valence-electron chi connectivity index (χ4n) is 6.66. The topological polar surface area (TPSA) is 125 Å². The lowest BCUT2D eigenvalue weighted by molar-refractivity contribution is -0.160. The molecular weight excluding hydrogens is 538 g/mol. The number of nitrogens with zero attached hydrogens (tertiary/aromatic N) is 2. The van der Waals surface area contributed by atoms with E-state index in [4.69, 9.17) is 9.47 Å². The summed E-state index contributed by atoms with van der Waals surface area (Å²) in [6.45, 7) is 13.1. The Bertz CT molecular complexity index is 1200. The third kappa shape index (κ3) is 5.87. The van der Waals surface area contributed by atoms with Gasteiger partial charge in [0.05, 0.1) is 31.1 Å². The van der Waals surface area contributed by atoms with Gasteiger partial charge >= 0.3 is 5.97 Å². The second-order valence-corrected chi connectivity index (χ2v) is 12.2. The number of hydrogen-bond donors (Lipinski definition) is 2. The first-order chi connectivity index (χ1) is 20.0. The number of aliphatic hydroxyl groups is 1. The van der Waals surface area contributed by atoms with E-state index in [1.54, 1.807) is 17.1 Å². The van der Waals surface area contributed by atoms with Crippen LogP contribution in [0, 0.1) is 11.8 Å². The van der Waals surface area contributed by atoms with Gasteiger partial charge in [0, 0.05) is 25.0 Å². The van der Waals surface area contributed by atoms with Crippen molar-refractivity contribution in [1.29, 1.82) is 0 Å². The number of nitrogens with one attached hydrogen (secondary N) is 1. The summed E-state index contributed by atoms with van der Waals surface area (Å²) in [5.41, 5.74) is -1.07. The van der Waals surface area contributed by atoms with Crippen molar-refractivity contribution >= 4 is 23.7 Å². The number of hydrogen-bond acceptors (Lipinski definition) is 7. The van der Waals surface area contributed by atoms with Crippen LogP contribution in [-0.4, -0.2) is 88.1 Å². The molecule has 42 heavy (non-hydrogen) atoms. The Morgan fingerprint density at radius 2 is 1.95 bits per heavy atom. The minimum absolute atomic E-state index is 0.0568. The Labute approximate surface area is 247 Å². The highest BCUT2D eigenvalue weighted by Crippen LogP contribution is 2.59. The Morgan fingerprint density at radius 3 is 2.57 bits per heavy atom. The number of allylic oxidation sites excluding steroid dienone is 1. The largest absolute Gasteiger partial charge is 0.455 e. The van der Waals surface area contributed by atoms with Gasteiger partial charge in [0.1, 0.15) is 17.7 Å². The molecule has 0 aromatic heterocycles. The molecule has 3 heterocycles. The first kappa shape index (κ1) is 31.4. The number of fused-ring (bicyclic) bond motifs is 1. The van der Waals surface area contributed by atoms with Gasteiger partial charge < -0.3 is 29.7 Å².